The average Bonchev–Trinajstić information content (AvgIpc) is 2.36. The van der Waals surface area contributed by atoms with Crippen LogP contribution in [0.3, 0.4) is 0 Å². The molecule has 0 spiro atoms. The predicted molar refractivity (Wildman–Crippen MR) is 73.0 cm³/mol. The largest absolute Gasteiger partial charge is 0.619 e. The summed E-state index contributed by atoms with van der Waals surface area (Å²) >= 11 is 11.7. The highest BCUT2D eigenvalue weighted by molar-refractivity contribution is 6.35. The fraction of sp³-hybridized carbons (Fsp3) is 0.0769. The Morgan fingerprint density at radius 2 is 1.74 bits per heavy atom. The van der Waals surface area contributed by atoms with E-state index in [1.54, 1.807) is 30.3 Å². The Balaban J connectivity index is 2.03. The number of hydrogen-bond acceptors (Lipinski definition) is 2. The first kappa shape index (κ1) is 13.6. The molecule has 6 heteroatoms. The van der Waals surface area contributed by atoms with Gasteiger partial charge in [0.25, 0.3) is 5.91 Å². The van der Waals surface area contributed by atoms with Gasteiger partial charge in [-0.1, -0.05) is 23.2 Å². The molecule has 0 aliphatic carbocycles. The van der Waals surface area contributed by atoms with Gasteiger partial charge in [0.05, 0.1) is 0 Å². The number of rotatable bonds is 3. The fourth-order valence-electron chi connectivity index (χ4n) is 1.53. The van der Waals surface area contributed by atoms with E-state index in [4.69, 9.17) is 23.2 Å². The van der Waals surface area contributed by atoms with E-state index in [0.717, 1.165) is 5.56 Å². The number of nitrogens with zero attached hydrogens (tertiary/aromatic N) is 1. The van der Waals surface area contributed by atoms with Crippen LogP contribution in [-0.4, -0.2) is 5.91 Å². The van der Waals surface area contributed by atoms with Gasteiger partial charge in [-0.3, -0.25) is 4.79 Å². The van der Waals surface area contributed by atoms with E-state index < -0.39 is 0 Å². The van der Waals surface area contributed by atoms with Crippen LogP contribution in [0.25, 0.3) is 0 Å². The lowest BCUT2D eigenvalue weighted by Crippen LogP contribution is -2.26. The van der Waals surface area contributed by atoms with Gasteiger partial charge in [-0.2, -0.15) is 4.73 Å². The number of carbonyl (C=O) groups is 1. The summed E-state index contributed by atoms with van der Waals surface area (Å²) in [4.78, 5) is 11.9. The second kappa shape index (κ2) is 5.91. The summed E-state index contributed by atoms with van der Waals surface area (Å²) < 4.78 is 0.683. The minimum absolute atomic E-state index is 0.275. The van der Waals surface area contributed by atoms with Gasteiger partial charge in [0.15, 0.2) is 12.4 Å². The van der Waals surface area contributed by atoms with Crippen LogP contribution in [0.1, 0.15) is 15.9 Å². The first-order valence-corrected chi connectivity index (χ1v) is 6.22. The van der Waals surface area contributed by atoms with E-state index in [0.29, 0.717) is 26.9 Å². The maximum Gasteiger partial charge on any atom is 0.251 e. The van der Waals surface area contributed by atoms with Crippen molar-refractivity contribution in [3.05, 3.63) is 69.1 Å². The minimum atomic E-state index is -0.275. The van der Waals surface area contributed by atoms with Crippen molar-refractivity contribution in [2.24, 2.45) is 0 Å². The number of aromatic nitrogens is 1. The first-order valence-electron chi connectivity index (χ1n) is 5.46. The molecule has 1 heterocycles. The third-order valence-corrected chi connectivity index (χ3v) is 2.89. The Kier molecular flexibility index (Phi) is 4.24. The Labute approximate surface area is 120 Å². The summed E-state index contributed by atoms with van der Waals surface area (Å²) in [5.41, 5.74) is 1.22. The van der Waals surface area contributed by atoms with Crippen molar-refractivity contribution >= 4 is 29.1 Å². The Bertz CT molecular complexity index is 580. The smallest absolute Gasteiger partial charge is 0.251 e. The summed E-state index contributed by atoms with van der Waals surface area (Å²) in [5, 5.41) is 14.4. The molecule has 1 aromatic carbocycles. The van der Waals surface area contributed by atoms with E-state index in [1.807, 2.05) is 0 Å². The summed E-state index contributed by atoms with van der Waals surface area (Å²) in [5.74, 6) is -0.275. The molecule has 19 heavy (non-hydrogen) atoms. The van der Waals surface area contributed by atoms with Gasteiger partial charge in [-0.15, -0.1) is 0 Å². The van der Waals surface area contributed by atoms with Gasteiger partial charge in [-0.05, 0) is 23.8 Å². The molecule has 1 amide bonds. The maximum absolute atomic E-state index is 11.9. The summed E-state index contributed by atoms with van der Waals surface area (Å²) in [7, 11) is 0. The zero-order valence-electron chi connectivity index (χ0n) is 9.77. The van der Waals surface area contributed by atoms with Crippen LogP contribution in [0.5, 0.6) is 0 Å². The van der Waals surface area contributed by atoms with Gasteiger partial charge in [0.1, 0.15) is 0 Å². The summed E-state index contributed by atoms with van der Waals surface area (Å²) in [6.45, 7) is 0.323. The lowest BCUT2D eigenvalue weighted by atomic mass is 10.2. The molecule has 0 aliphatic heterocycles. The number of carbonyl (C=O) groups excluding carboxylic acids is 1. The third kappa shape index (κ3) is 3.84. The molecule has 2 aromatic rings. The molecular weight excluding hydrogens is 287 g/mol. The third-order valence-electron chi connectivity index (χ3n) is 2.45. The SMILES string of the molecule is O=C(NCc1cc[n+]([O-])cc1)c1cc(Cl)cc(Cl)c1. The zero-order chi connectivity index (χ0) is 13.8. The van der Waals surface area contributed by atoms with Crippen molar-refractivity contribution < 1.29 is 9.52 Å². The van der Waals surface area contributed by atoms with E-state index in [1.165, 1.54) is 12.4 Å². The number of pyridine rings is 1. The fourth-order valence-corrected chi connectivity index (χ4v) is 2.06. The van der Waals surface area contributed by atoms with Crippen molar-refractivity contribution in [2.75, 3.05) is 0 Å². The van der Waals surface area contributed by atoms with E-state index in [2.05, 4.69) is 5.32 Å². The number of benzene rings is 1. The van der Waals surface area contributed by atoms with Crippen LogP contribution in [0.2, 0.25) is 10.0 Å². The number of nitrogens with one attached hydrogen (secondary N) is 1. The number of halogens is 2. The monoisotopic (exact) mass is 296 g/mol. The molecular formula is C13H10Cl2N2O2. The number of hydrogen-bond donors (Lipinski definition) is 1. The van der Waals surface area contributed by atoms with Gasteiger partial charge >= 0.3 is 0 Å². The van der Waals surface area contributed by atoms with Gasteiger partial charge < -0.3 is 10.5 Å². The highest BCUT2D eigenvalue weighted by Crippen LogP contribution is 2.18. The Morgan fingerprint density at radius 3 is 2.32 bits per heavy atom. The standard InChI is InChI=1S/C13H10Cl2N2O2/c14-11-5-10(6-12(15)7-11)13(18)16-8-9-1-3-17(19)4-2-9/h1-7H,8H2,(H,16,18). The summed E-state index contributed by atoms with van der Waals surface area (Å²) in [6.07, 6.45) is 2.75. The second-order valence-electron chi connectivity index (χ2n) is 3.91. The van der Waals surface area contributed by atoms with Crippen molar-refractivity contribution in [3.8, 4) is 0 Å². The van der Waals surface area contributed by atoms with Crippen molar-refractivity contribution in [1.29, 1.82) is 0 Å². The molecule has 0 fully saturated rings. The van der Waals surface area contributed by atoms with Crippen LogP contribution in [0.15, 0.2) is 42.7 Å². The molecule has 1 N–H and O–H groups in total. The van der Waals surface area contributed by atoms with Crippen LogP contribution in [0, 0.1) is 5.21 Å². The highest BCUT2D eigenvalue weighted by Gasteiger charge is 2.07. The van der Waals surface area contributed by atoms with E-state index in [9.17, 15) is 10.0 Å². The number of amides is 1. The molecule has 2 rings (SSSR count). The second-order valence-corrected chi connectivity index (χ2v) is 4.78. The van der Waals surface area contributed by atoms with E-state index in [-0.39, 0.29) is 5.91 Å². The Morgan fingerprint density at radius 1 is 1.16 bits per heavy atom. The quantitative estimate of drug-likeness (QED) is 0.699. The Hall–Kier alpha value is -1.78. The van der Waals surface area contributed by atoms with Crippen LogP contribution >= 0.6 is 23.2 Å². The van der Waals surface area contributed by atoms with E-state index >= 15 is 0 Å². The lowest BCUT2D eigenvalue weighted by Gasteiger charge is -2.06. The molecule has 0 bridgehead atoms. The molecule has 0 aliphatic rings. The average molecular weight is 297 g/mol. The maximum atomic E-state index is 11.9. The van der Waals surface area contributed by atoms with Crippen molar-refractivity contribution in [2.45, 2.75) is 6.54 Å². The van der Waals surface area contributed by atoms with Crippen LogP contribution < -0.4 is 10.0 Å². The minimum Gasteiger partial charge on any atom is -0.619 e. The molecule has 4 nitrogen and oxygen atoms in total. The molecule has 0 unspecified atom stereocenters. The van der Waals surface area contributed by atoms with Gasteiger partial charge in [0.2, 0.25) is 0 Å². The molecule has 0 saturated carbocycles. The molecule has 0 radical (unpaired) electrons. The molecule has 1 aromatic heterocycles. The normalized spacial score (nSPS) is 10.2. The predicted octanol–water partition coefficient (Wildman–Crippen LogP) is 2.56. The van der Waals surface area contributed by atoms with Gasteiger partial charge in [-0.25, -0.2) is 0 Å². The molecule has 98 valence electrons. The molecule has 0 atom stereocenters. The highest BCUT2D eigenvalue weighted by atomic mass is 35.5. The first-order chi connectivity index (χ1) is 9.04. The van der Waals surface area contributed by atoms with Gasteiger partial charge in [0, 0.05) is 34.3 Å². The van der Waals surface area contributed by atoms with Crippen molar-refractivity contribution in [3.63, 3.8) is 0 Å². The van der Waals surface area contributed by atoms with Crippen LogP contribution in [-0.2, 0) is 6.54 Å². The van der Waals surface area contributed by atoms with Crippen LogP contribution in [0.4, 0.5) is 0 Å². The van der Waals surface area contributed by atoms with Crippen molar-refractivity contribution in [1.82, 2.24) is 5.32 Å². The summed E-state index contributed by atoms with van der Waals surface area (Å²) in [6, 6.07) is 7.92. The lowest BCUT2D eigenvalue weighted by molar-refractivity contribution is -0.605. The molecule has 0 saturated heterocycles. The zero-order valence-corrected chi connectivity index (χ0v) is 11.3. The topological polar surface area (TPSA) is 56.0 Å².